The van der Waals surface area contributed by atoms with Crippen molar-refractivity contribution in [1.82, 2.24) is 5.32 Å². The van der Waals surface area contributed by atoms with Crippen LogP contribution in [0.2, 0.25) is 0 Å². The summed E-state index contributed by atoms with van der Waals surface area (Å²) in [7, 11) is 0. The Kier molecular flexibility index (Phi) is 6.17. The Morgan fingerprint density at radius 1 is 1.27 bits per heavy atom. The van der Waals surface area contributed by atoms with Crippen LogP contribution in [0.25, 0.3) is 0 Å². The highest BCUT2D eigenvalue weighted by Crippen LogP contribution is 2.35. The van der Waals surface area contributed by atoms with Crippen molar-refractivity contribution in [2.45, 2.75) is 13.1 Å². The molecule has 4 N–H and O–H groups in total. The standard InChI is InChI=1S/C13H16F3N3O3/c1-2-22-10-4-3-8(13(14,15)16)5-9(10)19-12(21)7-18-11(20)6-17/h3-5H,2,6-7,17H2,1H3,(H,18,20)(H,19,21). The zero-order valence-electron chi connectivity index (χ0n) is 11.8. The topological polar surface area (TPSA) is 93.5 Å². The smallest absolute Gasteiger partial charge is 0.416 e. The highest BCUT2D eigenvalue weighted by Gasteiger charge is 2.31. The average Bonchev–Trinajstić information content (AvgIpc) is 2.45. The molecule has 9 heteroatoms. The van der Waals surface area contributed by atoms with Gasteiger partial charge >= 0.3 is 6.18 Å². The van der Waals surface area contributed by atoms with Crippen LogP contribution in [-0.2, 0) is 15.8 Å². The van der Waals surface area contributed by atoms with Crippen LogP contribution in [0.5, 0.6) is 5.75 Å². The van der Waals surface area contributed by atoms with Crippen molar-refractivity contribution in [1.29, 1.82) is 0 Å². The first-order valence-corrected chi connectivity index (χ1v) is 6.38. The third-order valence-electron chi connectivity index (χ3n) is 2.51. The normalized spacial score (nSPS) is 11.0. The molecule has 0 radical (unpaired) electrons. The van der Waals surface area contributed by atoms with E-state index in [4.69, 9.17) is 10.5 Å². The first-order valence-electron chi connectivity index (χ1n) is 6.38. The summed E-state index contributed by atoms with van der Waals surface area (Å²) >= 11 is 0. The summed E-state index contributed by atoms with van der Waals surface area (Å²) in [4.78, 5) is 22.6. The van der Waals surface area contributed by atoms with Crippen LogP contribution in [0.1, 0.15) is 12.5 Å². The van der Waals surface area contributed by atoms with Gasteiger partial charge in [-0.2, -0.15) is 13.2 Å². The van der Waals surface area contributed by atoms with E-state index in [0.717, 1.165) is 18.2 Å². The third-order valence-corrected chi connectivity index (χ3v) is 2.51. The number of anilines is 1. The maximum atomic E-state index is 12.7. The summed E-state index contributed by atoms with van der Waals surface area (Å²) < 4.78 is 43.3. The van der Waals surface area contributed by atoms with E-state index in [-0.39, 0.29) is 24.6 Å². The average molecular weight is 319 g/mol. The van der Waals surface area contributed by atoms with E-state index in [1.807, 2.05) is 0 Å². The molecule has 0 saturated carbocycles. The van der Waals surface area contributed by atoms with E-state index in [2.05, 4.69) is 10.6 Å². The summed E-state index contributed by atoms with van der Waals surface area (Å²) in [5, 5.41) is 4.48. The van der Waals surface area contributed by atoms with E-state index in [1.165, 1.54) is 0 Å². The fraction of sp³-hybridized carbons (Fsp3) is 0.385. The number of amides is 2. The highest BCUT2D eigenvalue weighted by atomic mass is 19.4. The van der Waals surface area contributed by atoms with Gasteiger partial charge in [0.05, 0.1) is 30.9 Å². The molecule has 0 fully saturated rings. The van der Waals surface area contributed by atoms with Crippen molar-refractivity contribution < 1.29 is 27.5 Å². The van der Waals surface area contributed by atoms with Gasteiger partial charge in [-0.3, -0.25) is 9.59 Å². The molecule has 0 aliphatic heterocycles. The molecule has 22 heavy (non-hydrogen) atoms. The second kappa shape index (κ2) is 7.64. The first kappa shape index (κ1) is 17.8. The number of nitrogens with one attached hydrogen (secondary N) is 2. The molecule has 2 amide bonds. The molecule has 0 unspecified atom stereocenters. The van der Waals surface area contributed by atoms with Crippen molar-refractivity contribution in [3.8, 4) is 5.75 Å². The van der Waals surface area contributed by atoms with Gasteiger partial charge in [-0.15, -0.1) is 0 Å². The maximum absolute atomic E-state index is 12.7. The minimum absolute atomic E-state index is 0.106. The number of ether oxygens (including phenoxy) is 1. The molecule has 0 aromatic heterocycles. The summed E-state index contributed by atoms with van der Waals surface area (Å²) in [5.74, 6) is -1.14. The Balaban J connectivity index is 2.89. The number of nitrogens with two attached hydrogens (primary N) is 1. The Morgan fingerprint density at radius 2 is 1.95 bits per heavy atom. The second-order valence-corrected chi connectivity index (χ2v) is 4.17. The molecular weight excluding hydrogens is 303 g/mol. The zero-order valence-corrected chi connectivity index (χ0v) is 11.8. The lowest BCUT2D eigenvalue weighted by atomic mass is 10.1. The van der Waals surface area contributed by atoms with E-state index in [1.54, 1.807) is 6.92 Å². The van der Waals surface area contributed by atoms with Gasteiger partial charge in [0.1, 0.15) is 5.75 Å². The van der Waals surface area contributed by atoms with Crippen LogP contribution >= 0.6 is 0 Å². The molecule has 122 valence electrons. The monoisotopic (exact) mass is 319 g/mol. The molecule has 0 aliphatic carbocycles. The van der Waals surface area contributed by atoms with Crippen molar-refractivity contribution in [3.63, 3.8) is 0 Å². The Morgan fingerprint density at radius 3 is 2.50 bits per heavy atom. The van der Waals surface area contributed by atoms with Gasteiger partial charge in [0.25, 0.3) is 0 Å². The Hall–Kier alpha value is -2.29. The van der Waals surface area contributed by atoms with E-state index in [9.17, 15) is 22.8 Å². The number of rotatable bonds is 6. The quantitative estimate of drug-likeness (QED) is 0.732. The third kappa shape index (κ3) is 5.24. The van der Waals surface area contributed by atoms with Crippen molar-refractivity contribution in [2.75, 3.05) is 25.0 Å². The molecule has 0 saturated heterocycles. The summed E-state index contributed by atoms with van der Waals surface area (Å²) in [6.45, 7) is 1.18. The van der Waals surface area contributed by atoms with Gasteiger partial charge in [-0.05, 0) is 25.1 Å². The van der Waals surface area contributed by atoms with Crippen molar-refractivity contribution in [3.05, 3.63) is 23.8 Å². The number of hydrogen-bond donors (Lipinski definition) is 3. The molecule has 1 aromatic carbocycles. The SMILES string of the molecule is CCOc1ccc(C(F)(F)F)cc1NC(=O)CNC(=O)CN. The fourth-order valence-corrected chi connectivity index (χ4v) is 1.53. The van der Waals surface area contributed by atoms with Crippen molar-refractivity contribution in [2.24, 2.45) is 5.73 Å². The summed E-state index contributed by atoms with van der Waals surface area (Å²) in [6, 6.07) is 2.75. The number of carbonyl (C=O) groups excluding carboxylic acids is 2. The largest absolute Gasteiger partial charge is 0.492 e. The summed E-state index contributed by atoms with van der Waals surface area (Å²) in [5.41, 5.74) is 4.01. The number of benzene rings is 1. The van der Waals surface area contributed by atoms with Gasteiger partial charge < -0.3 is 21.1 Å². The predicted octanol–water partition coefficient (Wildman–Crippen LogP) is 1.12. The zero-order chi connectivity index (χ0) is 16.8. The van der Waals surface area contributed by atoms with Crippen molar-refractivity contribution >= 4 is 17.5 Å². The summed E-state index contributed by atoms with van der Waals surface area (Å²) in [6.07, 6.45) is -4.54. The number of alkyl halides is 3. The maximum Gasteiger partial charge on any atom is 0.416 e. The predicted molar refractivity (Wildman–Crippen MR) is 73.3 cm³/mol. The van der Waals surface area contributed by atoms with Gasteiger partial charge in [0.2, 0.25) is 11.8 Å². The van der Waals surface area contributed by atoms with Crippen LogP contribution in [-0.4, -0.2) is 31.5 Å². The molecule has 1 aromatic rings. The molecule has 0 heterocycles. The van der Waals surface area contributed by atoms with E-state index >= 15 is 0 Å². The van der Waals surface area contributed by atoms with Crippen LogP contribution < -0.4 is 21.1 Å². The molecule has 0 aliphatic rings. The van der Waals surface area contributed by atoms with E-state index in [0.29, 0.717) is 0 Å². The lowest BCUT2D eigenvalue weighted by Gasteiger charge is -2.14. The van der Waals surface area contributed by atoms with Crippen LogP contribution in [0.15, 0.2) is 18.2 Å². The lowest BCUT2D eigenvalue weighted by molar-refractivity contribution is -0.137. The van der Waals surface area contributed by atoms with Crippen LogP contribution in [0, 0.1) is 0 Å². The van der Waals surface area contributed by atoms with Gasteiger partial charge in [0.15, 0.2) is 0 Å². The number of carbonyl (C=O) groups is 2. The molecule has 0 spiro atoms. The van der Waals surface area contributed by atoms with Gasteiger partial charge in [-0.1, -0.05) is 0 Å². The number of halogens is 3. The second-order valence-electron chi connectivity index (χ2n) is 4.17. The minimum atomic E-state index is -4.54. The first-order chi connectivity index (χ1) is 10.3. The van der Waals surface area contributed by atoms with Gasteiger partial charge in [0, 0.05) is 0 Å². The van der Waals surface area contributed by atoms with Crippen LogP contribution in [0.4, 0.5) is 18.9 Å². The Bertz CT molecular complexity index is 547. The fourth-order valence-electron chi connectivity index (χ4n) is 1.53. The lowest BCUT2D eigenvalue weighted by Crippen LogP contribution is -2.36. The van der Waals surface area contributed by atoms with Crippen LogP contribution in [0.3, 0.4) is 0 Å². The highest BCUT2D eigenvalue weighted by molar-refractivity contribution is 5.96. The van der Waals surface area contributed by atoms with E-state index < -0.39 is 30.1 Å². The molecule has 1 rings (SSSR count). The van der Waals surface area contributed by atoms with Gasteiger partial charge in [-0.25, -0.2) is 0 Å². The number of hydrogen-bond acceptors (Lipinski definition) is 4. The molecule has 6 nitrogen and oxygen atoms in total. The molecular formula is C13H16F3N3O3. The minimum Gasteiger partial charge on any atom is -0.492 e. The molecule has 0 bridgehead atoms. The Labute approximate surface area is 124 Å². The molecule has 0 atom stereocenters.